The lowest BCUT2D eigenvalue weighted by Gasteiger charge is -2.13. The molecule has 11 heteroatoms. The van der Waals surface area contributed by atoms with Crippen LogP contribution in [0, 0.1) is 5.82 Å². The average molecular weight is 371 g/mol. The Morgan fingerprint density at radius 3 is 2.46 bits per heavy atom. The summed E-state index contributed by atoms with van der Waals surface area (Å²) < 4.78 is 61.2. The first-order valence-electron chi connectivity index (χ1n) is 6.16. The largest absolute Gasteiger partial charge is 0.459 e. The van der Waals surface area contributed by atoms with Gasteiger partial charge in [0.15, 0.2) is 0 Å². The molecule has 0 aromatic heterocycles. The quantitative estimate of drug-likeness (QED) is 0.382. The second kappa shape index (κ2) is 7.95. The van der Waals surface area contributed by atoms with Gasteiger partial charge in [-0.2, -0.15) is 18.3 Å². The van der Waals surface area contributed by atoms with Gasteiger partial charge in [-0.15, -0.1) is 0 Å². The van der Waals surface area contributed by atoms with E-state index < -0.39 is 41.2 Å². The number of esters is 1. The summed E-state index contributed by atoms with van der Waals surface area (Å²) in [6, 6.07) is 1.19. The zero-order valence-corrected chi connectivity index (χ0v) is 13.1. The van der Waals surface area contributed by atoms with E-state index in [4.69, 9.17) is 11.6 Å². The Morgan fingerprint density at radius 1 is 1.33 bits per heavy atom. The lowest BCUT2D eigenvalue weighted by atomic mass is 10.1. The molecule has 0 aliphatic heterocycles. The predicted octanol–water partition coefficient (Wildman–Crippen LogP) is 3.12. The molecule has 1 N–H and O–H groups in total. The van der Waals surface area contributed by atoms with Crippen LogP contribution in [-0.4, -0.2) is 31.5 Å². The highest BCUT2D eigenvalue weighted by atomic mass is 35.5. The Morgan fingerprint density at radius 2 is 1.96 bits per heavy atom. The second-order valence-corrected chi connectivity index (χ2v) is 4.64. The molecular weight excluding hydrogens is 360 g/mol. The SMILES string of the molecule is COC(=O)N/N=C(\COC(C)=O)c1cc(F)c(Cl)c(C(F)(F)F)c1. The fraction of sp³-hybridized carbons (Fsp3) is 0.308. The number of methoxy groups -OCH3 is 1. The Balaban J connectivity index is 3.33. The van der Waals surface area contributed by atoms with Crippen molar-refractivity contribution in [1.82, 2.24) is 5.43 Å². The first kappa shape index (κ1) is 19.7. The molecule has 0 bridgehead atoms. The van der Waals surface area contributed by atoms with Gasteiger partial charge < -0.3 is 9.47 Å². The summed E-state index contributed by atoms with van der Waals surface area (Å²) >= 11 is 5.32. The molecule has 0 radical (unpaired) electrons. The van der Waals surface area contributed by atoms with Crippen LogP contribution >= 0.6 is 11.6 Å². The smallest absolute Gasteiger partial charge is 0.427 e. The second-order valence-electron chi connectivity index (χ2n) is 4.26. The average Bonchev–Trinajstić information content (AvgIpc) is 2.48. The number of ether oxygens (including phenoxy) is 2. The standard InChI is InChI=1S/C13H11ClF4N2O4/c1-6(21)24-5-10(19-20-12(22)23-2)7-3-8(13(16,17)18)11(14)9(15)4-7/h3-4H,5H2,1-2H3,(H,20,22)/b19-10+. The van der Waals surface area contributed by atoms with Gasteiger partial charge in [0.2, 0.25) is 0 Å². The number of rotatable bonds is 4. The third kappa shape index (κ3) is 5.37. The summed E-state index contributed by atoms with van der Waals surface area (Å²) in [6.07, 6.45) is -5.95. The number of amides is 1. The Hall–Kier alpha value is -2.36. The molecule has 0 unspecified atom stereocenters. The minimum atomic E-state index is -4.92. The molecule has 24 heavy (non-hydrogen) atoms. The third-order valence-corrected chi connectivity index (χ3v) is 2.93. The van der Waals surface area contributed by atoms with Gasteiger partial charge in [0.05, 0.1) is 17.7 Å². The summed E-state index contributed by atoms with van der Waals surface area (Å²) in [7, 11) is 1.03. The zero-order valence-electron chi connectivity index (χ0n) is 12.3. The van der Waals surface area contributed by atoms with Crippen molar-refractivity contribution in [3.05, 3.63) is 34.1 Å². The number of benzene rings is 1. The van der Waals surface area contributed by atoms with Crippen LogP contribution < -0.4 is 5.43 Å². The molecule has 132 valence electrons. The molecule has 1 aromatic rings. The van der Waals surface area contributed by atoms with Crippen molar-refractivity contribution in [3.8, 4) is 0 Å². The number of hydrogen-bond donors (Lipinski definition) is 1. The Kier molecular flexibility index (Phi) is 6.52. The molecular formula is C13H11ClF4N2O4. The number of hydrazone groups is 1. The van der Waals surface area contributed by atoms with E-state index in [0.717, 1.165) is 14.0 Å². The molecule has 0 aliphatic carbocycles. The van der Waals surface area contributed by atoms with Crippen molar-refractivity contribution in [3.63, 3.8) is 0 Å². The first-order chi connectivity index (χ1) is 11.1. The lowest BCUT2D eigenvalue weighted by Crippen LogP contribution is -2.23. The van der Waals surface area contributed by atoms with Gasteiger partial charge in [-0.05, 0) is 12.1 Å². The van der Waals surface area contributed by atoms with E-state index >= 15 is 0 Å². The maximum Gasteiger partial charge on any atom is 0.427 e. The molecule has 0 saturated carbocycles. The van der Waals surface area contributed by atoms with Gasteiger partial charge in [-0.1, -0.05) is 11.6 Å². The van der Waals surface area contributed by atoms with Crippen molar-refractivity contribution < 1.29 is 36.6 Å². The predicted molar refractivity (Wildman–Crippen MR) is 75.1 cm³/mol. The van der Waals surface area contributed by atoms with Crippen molar-refractivity contribution in [2.45, 2.75) is 13.1 Å². The topological polar surface area (TPSA) is 77.0 Å². The maximum absolute atomic E-state index is 13.7. The molecule has 0 fully saturated rings. The normalized spacial score (nSPS) is 11.9. The lowest BCUT2D eigenvalue weighted by molar-refractivity contribution is -0.139. The summed E-state index contributed by atoms with van der Waals surface area (Å²) in [6.45, 7) is 0.437. The van der Waals surface area contributed by atoms with Crippen LogP contribution in [0.5, 0.6) is 0 Å². The van der Waals surface area contributed by atoms with Crippen molar-refractivity contribution in [2.75, 3.05) is 13.7 Å². The minimum Gasteiger partial charge on any atom is -0.459 e. The van der Waals surface area contributed by atoms with Gasteiger partial charge in [-0.3, -0.25) is 4.79 Å². The van der Waals surface area contributed by atoms with E-state index in [-0.39, 0.29) is 11.3 Å². The van der Waals surface area contributed by atoms with Crippen molar-refractivity contribution >= 4 is 29.4 Å². The van der Waals surface area contributed by atoms with E-state index in [1.165, 1.54) is 0 Å². The van der Waals surface area contributed by atoms with Gasteiger partial charge >= 0.3 is 18.2 Å². The number of alkyl halides is 3. The number of hydrogen-bond acceptors (Lipinski definition) is 5. The van der Waals surface area contributed by atoms with Crippen LogP contribution in [0.3, 0.4) is 0 Å². The van der Waals surface area contributed by atoms with Crippen molar-refractivity contribution in [1.29, 1.82) is 0 Å². The van der Waals surface area contributed by atoms with E-state index in [2.05, 4.69) is 14.6 Å². The van der Waals surface area contributed by atoms with E-state index in [0.29, 0.717) is 12.1 Å². The number of nitrogens with one attached hydrogen (secondary N) is 1. The number of nitrogens with zero attached hydrogens (tertiary/aromatic N) is 1. The van der Waals surface area contributed by atoms with Crippen LogP contribution in [0.15, 0.2) is 17.2 Å². The first-order valence-corrected chi connectivity index (χ1v) is 6.54. The fourth-order valence-electron chi connectivity index (χ4n) is 1.47. The molecule has 0 saturated heterocycles. The van der Waals surface area contributed by atoms with Crippen LogP contribution in [0.25, 0.3) is 0 Å². The molecule has 1 rings (SSSR count). The highest BCUT2D eigenvalue weighted by Gasteiger charge is 2.35. The molecule has 0 aliphatic rings. The summed E-state index contributed by atoms with van der Waals surface area (Å²) in [4.78, 5) is 21.9. The summed E-state index contributed by atoms with van der Waals surface area (Å²) in [5.41, 5.74) is -0.329. The molecule has 0 atom stereocenters. The molecule has 1 aromatic carbocycles. The highest BCUT2D eigenvalue weighted by Crippen LogP contribution is 2.36. The highest BCUT2D eigenvalue weighted by molar-refractivity contribution is 6.31. The van der Waals surface area contributed by atoms with Crippen LogP contribution in [0.4, 0.5) is 22.4 Å². The van der Waals surface area contributed by atoms with Crippen LogP contribution in [0.1, 0.15) is 18.1 Å². The minimum absolute atomic E-state index is 0.350. The Bertz CT molecular complexity index is 677. The summed E-state index contributed by atoms with van der Waals surface area (Å²) in [5, 5.41) is 2.36. The molecule has 1 amide bonds. The summed E-state index contributed by atoms with van der Waals surface area (Å²) in [5.74, 6) is -2.11. The molecule has 6 nitrogen and oxygen atoms in total. The molecule has 0 heterocycles. The van der Waals surface area contributed by atoms with Gasteiger partial charge in [0.1, 0.15) is 18.1 Å². The van der Waals surface area contributed by atoms with Crippen LogP contribution in [-0.2, 0) is 20.4 Å². The fourth-order valence-corrected chi connectivity index (χ4v) is 1.69. The van der Waals surface area contributed by atoms with Gasteiger partial charge in [-0.25, -0.2) is 14.6 Å². The van der Waals surface area contributed by atoms with E-state index in [1.54, 1.807) is 0 Å². The van der Waals surface area contributed by atoms with Crippen molar-refractivity contribution in [2.24, 2.45) is 5.10 Å². The zero-order chi connectivity index (χ0) is 18.5. The van der Waals surface area contributed by atoms with E-state index in [1.807, 2.05) is 5.43 Å². The number of carbonyl (C=O) groups excluding carboxylic acids is 2. The number of halogens is 5. The maximum atomic E-state index is 13.7. The van der Waals surface area contributed by atoms with E-state index in [9.17, 15) is 27.2 Å². The molecule has 0 spiro atoms. The number of carbonyl (C=O) groups is 2. The monoisotopic (exact) mass is 370 g/mol. The Labute approximate surface area is 138 Å². The van der Waals surface area contributed by atoms with Crippen LogP contribution in [0.2, 0.25) is 5.02 Å². The van der Waals surface area contributed by atoms with Gasteiger partial charge in [0, 0.05) is 12.5 Å². The van der Waals surface area contributed by atoms with Gasteiger partial charge in [0.25, 0.3) is 0 Å². The third-order valence-electron chi connectivity index (χ3n) is 2.55.